The van der Waals surface area contributed by atoms with Gasteiger partial charge in [0.1, 0.15) is 0 Å². The van der Waals surface area contributed by atoms with Crippen LogP contribution in [-0.2, 0) is 4.79 Å². The number of amides is 2. The van der Waals surface area contributed by atoms with Crippen LogP contribution in [-0.4, -0.2) is 62.3 Å². The van der Waals surface area contributed by atoms with E-state index in [1.807, 2.05) is 42.2 Å². The Balaban J connectivity index is 1.77. The van der Waals surface area contributed by atoms with Crippen LogP contribution in [0.1, 0.15) is 30.8 Å². The fraction of sp³-hybridized carbons (Fsp3) is 0.412. The zero-order valence-corrected chi connectivity index (χ0v) is 13.9. The van der Waals surface area contributed by atoms with Crippen molar-refractivity contribution in [2.24, 2.45) is 0 Å². The van der Waals surface area contributed by atoms with Gasteiger partial charge < -0.3 is 9.80 Å². The summed E-state index contributed by atoms with van der Waals surface area (Å²) < 4.78 is 1.55. The van der Waals surface area contributed by atoms with E-state index in [2.05, 4.69) is 10.3 Å². The van der Waals surface area contributed by atoms with Gasteiger partial charge in [0.25, 0.3) is 5.91 Å². The van der Waals surface area contributed by atoms with Crippen LogP contribution in [0.3, 0.4) is 0 Å². The molecule has 1 aromatic carbocycles. The van der Waals surface area contributed by atoms with E-state index in [9.17, 15) is 9.59 Å². The second kappa shape index (κ2) is 6.82. The van der Waals surface area contributed by atoms with Gasteiger partial charge in [-0.15, -0.1) is 5.10 Å². The highest BCUT2D eigenvalue weighted by Crippen LogP contribution is 2.19. The minimum Gasteiger partial charge on any atom is -0.338 e. The van der Waals surface area contributed by atoms with Crippen molar-refractivity contribution in [1.82, 2.24) is 24.8 Å². The lowest BCUT2D eigenvalue weighted by molar-refractivity contribution is -0.130. The molecule has 0 radical (unpaired) electrons. The average Bonchev–Trinajstić information content (AvgIpc) is 3.25. The van der Waals surface area contributed by atoms with E-state index >= 15 is 0 Å². The molecule has 0 aliphatic carbocycles. The number of para-hydroxylation sites is 1. The number of carbonyl (C=O) groups is 2. The van der Waals surface area contributed by atoms with Crippen LogP contribution < -0.4 is 0 Å². The van der Waals surface area contributed by atoms with Crippen molar-refractivity contribution < 1.29 is 9.59 Å². The quantitative estimate of drug-likeness (QED) is 0.850. The topological polar surface area (TPSA) is 71.3 Å². The van der Waals surface area contributed by atoms with Crippen LogP contribution in [0, 0.1) is 0 Å². The third-order valence-corrected chi connectivity index (χ3v) is 4.41. The fourth-order valence-corrected chi connectivity index (χ4v) is 3.22. The molecule has 0 saturated carbocycles. The summed E-state index contributed by atoms with van der Waals surface area (Å²) in [5, 5.41) is 7.92. The SMILES string of the molecule is CCN(C(C)=O)[C@H]1CCN(C(=O)c2cnnn2-c2ccccc2)C1. The van der Waals surface area contributed by atoms with Crippen molar-refractivity contribution in [3.8, 4) is 5.69 Å². The molecule has 7 nitrogen and oxygen atoms in total. The average molecular weight is 327 g/mol. The summed E-state index contributed by atoms with van der Waals surface area (Å²) in [5.74, 6) is -0.0567. The van der Waals surface area contributed by atoms with Crippen molar-refractivity contribution in [2.45, 2.75) is 26.3 Å². The Morgan fingerprint density at radius 3 is 2.71 bits per heavy atom. The summed E-state index contributed by atoms with van der Waals surface area (Å²) in [6, 6.07) is 9.54. The monoisotopic (exact) mass is 327 g/mol. The molecule has 126 valence electrons. The van der Waals surface area contributed by atoms with Crippen molar-refractivity contribution in [3.05, 3.63) is 42.2 Å². The van der Waals surface area contributed by atoms with Gasteiger partial charge in [0, 0.05) is 26.6 Å². The standard InChI is InChI=1S/C17H21N5O2/c1-3-21(13(2)23)15-9-10-20(12-15)17(24)16-11-18-19-22(16)14-7-5-4-6-8-14/h4-8,11,15H,3,9-10,12H2,1-2H3/t15-/m0/s1. The fourth-order valence-electron chi connectivity index (χ4n) is 3.22. The Morgan fingerprint density at radius 2 is 2.04 bits per heavy atom. The van der Waals surface area contributed by atoms with Gasteiger partial charge in [0.15, 0.2) is 5.69 Å². The second-order valence-electron chi connectivity index (χ2n) is 5.87. The first-order chi connectivity index (χ1) is 11.6. The first kappa shape index (κ1) is 16.2. The molecular weight excluding hydrogens is 306 g/mol. The smallest absolute Gasteiger partial charge is 0.274 e. The van der Waals surface area contributed by atoms with Crippen molar-refractivity contribution in [1.29, 1.82) is 0 Å². The summed E-state index contributed by atoms with van der Waals surface area (Å²) >= 11 is 0. The van der Waals surface area contributed by atoms with Crippen molar-refractivity contribution in [3.63, 3.8) is 0 Å². The van der Waals surface area contributed by atoms with E-state index in [1.54, 1.807) is 16.5 Å². The lowest BCUT2D eigenvalue weighted by atomic mass is 10.2. The van der Waals surface area contributed by atoms with E-state index < -0.39 is 0 Å². The first-order valence-corrected chi connectivity index (χ1v) is 8.14. The zero-order valence-electron chi connectivity index (χ0n) is 13.9. The van der Waals surface area contributed by atoms with Gasteiger partial charge >= 0.3 is 0 Å². The van der Waals surface area contributed by atoms with Crippen LogP contribution in [0.15, 0.2) is 36.5 Å². The van der Waals surface area contributed by atoms with E-state index in [4.69, 9.17) is 0 Å². The molecule has 0 spiro atoms. The lowest BCUT2D eigenvalue weighted by Gasteiger charge is -2.26. The molecule has 1 aromatic heterocycles. The van der Waals surface area contributed by atoms with Gasteiger partial charge in [-0.05, 0) is 25.5 Å². The van der Waals surface area contributed by atoms with E-state index in [1.165, 1.54) is 6.20 Å². The number of hydrogen-bond donors (Lipinski definition) is 0. The molecule has 1 saturated heterocycles. The van der Waals surface area contributed by atoms with Crippen LogP contribution in [0.2, 0.25) is 0 Å². The van der Waals surface area contributed by atoms with Gasteiger partial charge in [0.05, 0.1) is 17.9 Å². The maximum Gasteiger partial charge on any atom is 0.274 e. The molecule has 1 atom stereocenters. The van der Waals surface area contributed by atoms with Crippen LogP contribution in [0.5, 0.6) is 0 Å². The minimum absolute atomic E-state index is 0.0489. The molecule has 1 aliphatic rings. The predicted octanol–water partition coefficient (Wildman–Crippen LogP) is 1.35. The van der Waals surface area contributed by atoms with E-state index in [0.29, 0.717) is 25.3 Å². The van der Waals surface area contributed by atoms with Gasteiger partial charge in [-0.2, -0.15) is 0 Å². The number of likely N-dealkylation sites (tertiary alicyclic amines) is 1. The largest absolute Gasteiger partial charge is 0.338 e. The van der Waals surface area contributed by atoms with Crippen LogP contribution in [0.4, 0.5) is 0 Å². The Bertz CT molecular complexity index is 728. The summed E-state index contributed by atoms with van der Waals surface area (Å²) in [7, 11) is 0. The molecule has 0 unspecified atom stereocenters. The molecule has 2 amide bonds. The number of rotatable bonds is 4. The van der Waals surface area contributed by atoms with Gasteiger partial charge in [-0.3, -0.25) is 9.59 Å². The zero-order chi connectivity index (χ0) is 17.1. The molecule has 0 bridgehead atoms. The normalized spacial score (nSPS) is 17.1. The van der Waals surface area contributed by atoms with E-state index in [-0.39, 0.29) is 17.9 Å². The third-order valence-electron chi connectivity index (χ3n) is 4.41. The highest BCUT2D eigenvalue weighted by atomic mass is 16.2. The number of hydrogen-bond acceptors (Lipinski definition) is 4. The number of aromatic nitrogens is 3. The third kappa shape index (κ3) is 3.02. The molecule has 3 rings (SSSR count). The highest BCUT2D eigenvalue weighted by molar-refractivity contribution is 5.93. The summed E-state index contributed by atoms with van der Waals surface area (Å²) in [6.45, 7) is 5.37. The Labute approximate surface area is 140 Å². The minimum atomic E-state index is -0.106. The molecule has 0 N–H and O–H groups in total. The van der Waals surface area contributed by atoms with E-state index in [0.717, 1.165) is 12.1 Å². The van der Waals surface area contributed by atoms with Crippen molar-refractivity contribution >= 4 is 11.8 Å². The van der Waals surface area contributed by atoms with Gasteiger partial charge in [-0.1, -0.05) is 23.4 Å². The Hall–Kier alpha value is -2.70. The summed E-state index contributed by atoms with van der Waals surface area (Å²) in [5.41, 5.74) is 1.24. The highest BCUT2D eigenvalue weighted by Gasteiger charge is 2.32. The number of carbonyl (C=O) groups excluding carboxylic acids is 2. The number of benzene rings is 1. The first-order valence-electron chi connectivity index (χ1n) is 8.14. The molecule has 2 aromatic rings. The molecule has 1 aliphatic heterocycles. The van der Waals surface area contributed by atoms with Crippen molar-refractivity contribution in [2.75, 3.05) is 19.6 Å². The predicted molar refractivity (Wildman–Crippen MR) is 88.7 cm³/mol. The van der Waals surface area contributed by atoms with Crippen LogP contribution >= 0.6 is 0 Å². The second-order valence-corrected chi connectivity index (χ2v) is 5.87. The Morgan fingerprint density at radius 1 is 1.29 bits per heavy atom. The molecule has 24 heavy (non-hydrogen) atoms. The number of nitrogens with zero attached hydrogens (tertiary/aromatic N) is 5. The Kier molecular flexibility index (Phi) is 4.59. The molecular formula is C17H21N5O2. The molecule has 2 heterocycles. The molecule has 7 heteroatoms. The van der Waals surface area contributed by atoms with Gasteiger partial charge in [0.2, 0.25) is 5.91 Å². The maximum absolute atomic E-state index is 12.9. The van der Waals surface area contributed by atoms with Crippen LogP contribution in [0.25, 0.3) is 5.69 Å². The molecule has 1 fully saturated rings. The number of likely N-dealkylation sites (N-methyl/N-ethyl adjacent to an activating group) is 1. The van der Waals surface area contributed by atoms with Gasteiger partial charge in [-0.25, -0.2) is 4.68 Å². The summed E-state index contributed by atoms with van der Waals surface area (Å²) in [4.78, 5) is 28.1. The maximum atomic E-state index is 12.9. The summed E-state index contributed by atoms with van der Waals surface area (Å²) in [6.07, 6.45) is 2.29. The lowest BCUT2D eigenvalue weighted by Crippen LogP contribution is -2.41.